The predicted molar refractivity (Wildman–Crippen MR) is 115 cm³/mol. The molecule has 0 spiro atoms. The zero-order valence-electron chi connectivity index (χ0n) is 17.5. The lowest BCUT2D eigenvalue weighted by Crippen LogP contribution is -2.33. The maximum atomic E-state index is 12.9. The summed E-state index contributed by atoms with van der Waals surface area (Å²) in [5, 5.41) is 9.86. The first-order chi connectivity index (χ1) is 15.3. The molecular formula is C23H26F3NO4S. The van der Waals surface area contributed by atoms with Crippen molar-refractivity contribution in [3.8, 4) is 5.75 Å². The number of fused-ring (bicyclic) bond motifs is 2. The van der Waals surface area contributed by atoms with Crippen molar-refractivity contribution in [2.75, 3.05) is 25.4 Å². The van der Waals surface area contributed by atoms with Crippen molar-refractivity contribution in [1.29, 1.82) is 0 Å². The van der Waals surface area contributed by atoms with Crippen molar-refractivity contribution in [3.05, 3.63) is 52.8 Å². The van der Waals surface area contributed by atoms with Crippen LogP contribution in [0.15, 0.2) is 47.2 Å². The second-order valence-electron chi connectivity index (χ2n) is 8.50. The first-order valence-corrected chi connectivity index (χ1v) is 11.8. The minimum absolute atomic E-state index is 0.152. The van der Waals surface area contributed by atoms with E-state index in [0.29, 0.717) is 18.2 Å². The number of halogens is 3. The SMILES string of the molecule is O=C(O)OC1=C(SCCOc2cccc(C(F)(F)F)c2)N(CC2CC3CCC2C3)CC=C1. The molecule has 9 heteroatoms. The molecule has 2 bridgehead atoms. The molecule has 4 rings (SSSR count). The zero-order valence-corrected chi connectivity index (χ0v) is 18.3. The van der Waals surface area contributed by atoms with Crippen LogP contribution in [0.1, 0.15) is 31.2 Å². The number of alkyl halides is 3. The molecule has 1 N–H and O–H groups in total. The maximum Gasteiger partial charge on any atom is 0.511 e. The molecule has 1 aromatic carbocycles. The Hall–Kier alpha value is -2.29. The van der Waals surface area contributed by atoms with Crippen LogP contribution in [0, 0.1) is 17.8 Å². The predicted octanol–water partition coefficient (Wildman–Crippen LogP) is 5.99. The van der Waals surface area contributed by atoms with E-state index in [1.807, 2.05) is 6.08 Å². The molecule has 174 valence electrons. The number of hydrogen-bond acceptors (Lipinski definition) is 5. The van der Waals surface area contributed by atoms with E-state index < -0.39 is 17.9 Å². The van der Waals surface area contributed by atoms with Crippen molar-refractivity contribution in [2.24, 2.45) is 17.8 Å². The molecular weight excluding hydrogens is 443 g/mol. The summed E-state index contributed by atoms with van der Waals surface area (Å²) in [4.78, 5) is 13.3. The van der Waals surface area contributed by atoms with Crippen LogP contribution in [-0.2, 0) is 10.9 Å². The molecule has 1 heterocycles. The van der Waals surface area contributed by atoms with Crippen LogP contribution in [0.4, 0.5) is 18.0 Å². The summed E-state index contributed by atoms with van der Waals surface area (Å²) in [6.07, 6.45) is 2.88. The van der Waals surface area contributed by atoms with Crippen molar-refractivity contribution >= 4 is 17.9 Å². The number of ether oxygens (including phenoxy) is 2. The van der Waals surface area contributed by atoms with Crippen molar-refractivity contribution in [1.82, 2.24) is 4.90 Å². The molecule has 0 radical (unpaired) electrons. The van der Waals surface area contributed by atoms with Gasteiger partial charge in [0.1, 0.15) is 10.8 Å². The number of nitrogens with zero attached hydrogens (tertiary/aromatic N) is 1. The molecule has 1 aliphatic heterocycles. The molecule has 1 aromatic rings. The third-order valence-corrected chi connectivity index (χ3v) is 7.49. The Morgan fingerprint density at radius 3 is 2.78 bits per heavy atom. The molecule has 2 aliphatic carbocycles. The van der Waals surface area contributed by atoms with E-state index in [-0.39, 0.29) is 18.1 Å². The van der Waals surface area contributed by atoms with Gasteiger partial charge in [-0.1, -0.05) is 18.6 Å². The summed E-state index contributed by atoms with van der Waals surface area (Å²) in [6, 6.07) is 4.79. The standard InChI is InChI=1S/C23H26F3NO4S/c24-23(25,26)18-3-1-4-19(13-18)30-9-10-32-21-20(31-22(28)29)5-2-8-27(21)14-17-12-15-6-7-16(17)11-15/h1-5,13,15-17H,6-12,14H2,(H,28,29). The van der Waals surface area contributed by atoms with Gasteiger partial charge in [-0.2, -0.15) is 13.2 Å². The lowest BCUT2D eigenvalue weighted by molar-refractivity contribution is -0.137. The zero-order chi connectivity index (χ0) is 22.7. The fourth-order valence-corrected chi connectivity index (χ4v) is 5.98. The molecule has 3 unspecified atom stereocenters. The Morgan fingerprint density at radius 2 is 2.09 bits per heavy atom. The van der Waals surface area contributed by atoms with Crippen LogP contribution in [0.3, 0.4) is 0 Å². The summed E-state index contributed by atoms with van der Waals surface area (Å²) in [6.45, 7) is 1.72. The van der Waals surface area contributed by atoms with Crippen LogP contribution < -0.4 is 4.74 Å². The minimum Gasteiger partial charge on any atom is -0.493 e. The van der Waals surface area contributed by atoms with Gasteiger partial charge in [0.15, 0.2) is 5.76 Å². The number of allylic oxidation sites excluding steroid dienone is 1. The number of rotatable bonds is 8. The topological polar surface area (TPSA) is 59.0 Å². The van der Waals surface area contributed by atoms with Crippen LogP contribution in [0.2, 0.25) is 0 Å². The number of thioether (sulfide) groups is 1. The second kappa shape index (κ2) is 9.68. The molecule has 3 aliphatic rings. The van der Waals surface area contributed by atoms with Gasteiger partial charge in [-0.25, -0.2) is 4.79 Å². The number of carbonyl (C=O) groups is 1. The summed E-state index contributed by atoms with van der Waals surface area (Å²) < 4.78 is 49.1. The highest BCUT2D eigenvalue weighted by Gasteiger charge is 2.40. The highest BCUT2D eigenvalue weighted by Crippen LogP contribution is 2.49. The normalized spacial score (nSPS) is 24.8. The van der Waals surface area contributed by atoms with Gasteiger partial charge in [-0.15, -0.1) is 11.8 Å². The average molecular weight is 470 g/mol. The Bertz CT molecular complexity index is 901. The third-order valence-electron chi connectivity index (χ3n) is 6.38. The summed E-state index contributed by atoms with van der Waals surface area (Å²) in [5.74, 6) is 3.04. The van der Waals surface area contributed by atoms with Crippen LogP contribution in [-0.4, -0.2) is 41.6 Å². The van der Waals surface area contributed by atoms with Gasteiger partial charge in [-0.05, 0) is 61.3 Å². The van der Waals surface area contributed by atoms with Crippen LogP contribution in [0.25, 0.3) is 0 Å². The third kappa shape index (κ3) is 5.54. The van der Waals surface area contributed by atoms with E-state index in [4.69, 9.17) is 14.6 Å². The van der Waals surface area contributed by atoms with Gasteiger partial charge >= 0.3 is 12.3 Å². The molecule has 0 saturated heterocycles. The summed E-state index contributed by atoms with van der Waals surface area (Å²) in [5.41, 5.74) is -0.753. The van der Waals surface area contributed by atoms with Crippen molar-refractivity contribution in [2.45, 2.75) is 31.9 Å². The smallest absolute Gasteiger partial charge is 0.493 e. The Kier molecular flexibility index (Phi) is 6.93. The van der Waals surface area contributed by atoms with Crippen LogP contribution >= 0.6 is 11.8 Å². The van der Waals surface area contributed by atoms with Gasteiger partial charge in [0.05, 0.1) is 12.2 Å². The Labute approximate surface area is 189 Å². The fourth-order valence-electron chi connectivity index (χ4n) is 5.03. The monoisotopic (exact) mass is 469 g/mol. The van der Waals surface area contributed by atoms with Crippen molar-refractivity contribution in [3.63, 3.8) is 0 Å². The fraction of sp³-hybridized carbons (Fsp3) is 0.522. The quantitative estimate of drug-likeness (QED) is 0.373. The van der Waals surface area contributed by atoms with Gasteiger partial charge in [0.25, 0.3) is 0 Å². The van der Waals surface area contributed by atoms with E-state index in [9.17, 15) is 18.0 Å². The van der Waals surface area contributed by atoms with Gasteiger partial charge in [-0.3, -0.25) is 0 Å². The average Bonchev–Trinajstić information content (AvgIpc) is 3.35. The van der Waals surface area contributed by atoms with E-state index in [0.717, 1.165) is 35.5 Å². The molecule has 0 aromatic heterocycles. The molecule has 5 nitrogen and oxygen atoms in total. The first kappa shape index (κ1) is 22.9. The van der Waals surface area contributed by atoms with Crippen molar-refractivity contribution < 1.29 is 32.5 Å². The van der Waals surface area contributed by atoms with E-state index >= 15 is 0 Å². The lowest BCUT2D eigenvalue weighted by Gasteiger charge is -2.34. The highest BCUT2D eigenvalue weighted by atomic mass is 32.2. The summed E-state index contributed by atoms with van der Waals surface area (Å²) in [7, 11) is 0. The maximum absolute atomic E-state index is 12.9. The number of hydrogen-bond donors (Lipinski definition) is 1. The van der Waals surface area contributed by atoms with E-state index in [2.05, 4.69) is 4.90 Å². The van der Waals surface area contributed by atoms with Gasteiger partial charge < -0.3 is 19.5 Å². The minimum atomic E-state index is -4.42. The van der Waals surface area contributed by atoms with E-state index in [1.165, 1.54) is 49.6 Å². The Morgan fingerprint density at radius 1 is 1.25 bits per heavy atom. The first-order valence-electron chi connectivity index (χ1n) is 10.8. The summed E-state index contributed by atoms with van der Waals surface area (Å²) >= 11 is 1.41. The van der Waals surface area contributed by atoms with Gasteiger partial charge in [0, 0.05) is 18.8 Å². The van der Waals surface area contributed by atoms with Gasteiger partial charge in [0.2, 0.25) is 0 Å². The molecule has 2 saturated carbocycles. The molecule has 0 amide bonds. The number of benzene rings is 1. The number of carboxylic acid groups (broad SMARTS) is 1. The lowest BCUT2D eigenvalue weighted by atomic mass is 9.88. The van der Waals surface area contributed by atoms with Crippen LogP contribution in [0.5, 0.6) is 5.75 Å². The Balaban J connectivity index is 1.38. The largest absolute Gasteiger partial charge is 0.511 e. The molecule has 2 fully saturated rings. The highest BCUT2D eigenvalue weighted by molar-refractivity contribution is 8.03. The molecule has 32 heavy (non-hydrogen) atoms. The van der Waals surface area contributed by atoms with E-state index in [1.54, 1.807) is 6.08 Å². The second-order valence-corrected chi connectivity index (χ2v) is 9.59. The molecule has 3 atom stereocenters.